The molecule has 0 saturated heterocycles. The van der Waals surface area contributed by atoms with Gasteiger partial charge in [-0.1, -0.05) is 0 Å². The second-order valence-electron chi connectivity index (χ2n) is 3.20. The van der Waals surface area contributed by atoms with Gasteiger partial charge in [-0.05, 0) is 18.0 Å². The molecule has 0 fully saturated rings. The highest BCUT2D eigenvalue weighted by Crippen LogP contribution is 2.09. The lowest BCUT2D eigenvalue weighted by atomic mass is 10.4. The minimum atomic E-state index is 0.107. The zero-order chi connectivity index (χ0) is 12.1. The fourth-order valence-corrected chi connectivity index (χ4v) is 1.35. The molecule has 17 heavy (non-hydrogen) atoms. The first-order valence-electron chi connectivity index (χ1n) is 5.04. The molecule has 0 atom stereocenters. The summed E-state index contributed by atoms with van der Waals surface area (Å²) in [5.41, 5.74) is 0. The molecule has 0 aromatic carbocycles. The highest BCUT2D eigenvalue weighted by atomic mass is 35.5. The topological polar surface area (TPSA) is 88.8 Å². The second kappa shape index (κ2) is 5.55. The quantitative estimate of drug-likeness (QED) is 0.756. The molecule has 0 aliphatic heterocycles. The Bertz CT molecular complexity index is 474. The van der Waals surface area contributed by atoms with Crippen molar-refractivity contribution >= 4 is 17.5 Å². The molecule has 0 aliphatic carbocycles. The van der Waals surface area contributed by atoms with Gasteiger partial charge >= 0.3 is 0 Å². The van der Waals surface area contributed by atoms with Gasteiger partial charge in [-0.3, -0.25) is 4.57 Å². The Morgan fingerprint density at radius 3 is 2.94 bits per heavy atom. The monoisotopic (exact) mass is 254 g/mol. The van der Waals surface area contributed by atoms with Crippen molar-refractivity contribution < 1.29 is 5.11 Å². The predicted molar refractivity (Wildman–Crippen MR) is 62.2 cm³/mol. The van der Waals surface area contributed by atoms with Crippen molar-refractivity contribution in [3.63, 3.8) is 0 Å². The van der Waals surface area contributed by atoms with E-state index in [4.69, 9.17) is 16.7 Å². The maximum Gasteiger partial charge on any atom is 0.241 e. The van der Waals surface area contributed by atoms with Crippen molar-refractivity contribution in [1.29, 1.82) is 0 Å². The van der Waals surface area contributed by atoms with Crippen molar-refractivity contribution in [2.24, 2.45) is 0 Å². The molecule has 2 aromatic heterocycles. The van der Waals surface area contributed by atoms with Gasteiger partial charge in [0.15, 0.2) is 0 Å². The van der Waals surface area contributed by atoms with Gasteiger partial charge in [0.25, 0.3) is 0 Å². The fourth-order valence-electron chi connectivity index (χ4n) is 1.19. The third-order valence-corrected chi connectivity index (χ3v) is 2.12. The van der Waals surface area contributed by atoms with Gasteiger partial charge in [0.1, 0.15) is 6.33 Å². The van der Waals surface area contributed by atoms with Gasteiger partial charge in [-0.15, -0.1) is 0 Å². The minimum absolute atomic E-state index is 0.107. The molecule has 0 unspecified atom stereocenters. The van der Waals surface area contributed by atoms with E-state index in [1.54, 1.807) is 23.3 Å². The van der Waals surface area contributed by atoms with E-state index in [9.17, 15) is 0 Å². The van der Waals surface area contributed by atoms with Crippen LogP contribution in [0.3, 0.4) is 0 Å². The lowest BCUT2D eigenvalue weighted by molar-refractivity contribution is 0.292. The summed E-state index contributed by atoms with van der Waals surface area (Å²) in [7, 11) is 0. The van der Waals surface area contributed by atoms with Gasteiger partial charge in [0.05, 0.1) is 0 Å². The first-order chi connectivity index (χ1) is 8.29. The molecule has 7 nitrogen and oxygen atoms in total. The maximum atomic E-state index is 8.67. The van der Waals surface area contributed by atoms with E-state index in [0.29, 0.717) is 24.9 Å². The summed E-state index contributed by atoms with van der Waals surface area (Å²) in [6, 6.07) is 0. The fraction of sp³-hybridized carbons (Fsp3) is 0.333. The summed E-state index contributed by atoms with van der Waals surface area (Å²) in [5, 5.41) is 11.7. The van der Waals surface area contributed by atoms with Gasteiger partial charge in [-0.25, -0.2) is 4.98 Å². The molecule has 8 heteroatoms. The Labute approximate surface area is 103 Å². The number of halogens is 1. The number of nitrogens with one attached hydrogen (secondary N) is 1. The normalized spacial score (nSPS) is 10.5. The number of rotatable bonds is 5. The summed E-state index contributed by atoms with van der Waals surface area (Å²) in [6.07, 6.45) is 5.52. The maximum absolute atomic E-state index is 8.67. The Morgan fingerprint density at radius 1 is 1.35 bits per heavy atom. The number of aromatic nitrogens is 5. The molecular formula is C9H11ClN6O. The summed E-state index contributed by atoms with van der Waals surface area (Å²) in [4.78, 5) is 16.0. The lowest BCUT2D eigenvalue weighted by Crippen LogP contribution is -2.10. The Hall–Kier alpha value is -1.73. The van der Waals surface area contributed by atoms with Crippen LogP contribution < -0.4 is 5.32 Å². The molecule has 0 bridgehead atoms. The molecule has 2 rings (SSSR count). The molecule has 0 aliphatic rings. The Kier molecular flexibility index (Phi) is 3.84. The number of nitrogens with zero attached hydrogens (tertiary/aromatic N) is 5. The van der Waals surface area contributed by atoms with E-state index < -0.39 is 0 Å². The number of hydrogen-bond donors (Lipinski definition) is 2. The van der Waals surface area contributed by atoms with Crippen molar-refractivity contribution in [3.05, 3.63) is 24.0 Å². The number of aliphatic hydroxyl groups excluding tert-OH is 1. The molecule has 90 valence electrons. The van der Waals surface area contributed by atoms with Gasteiger partial charge in [0, 0.05) is 25.5 Å². The average molecular weight is 255 g/mol. The third-order valence-electron chi connectivity index (χ3n) is 1.95. The summed E-state index contributed by atoms with van der Waals surface area (Å²) < 4.78 is 1.63. The molecule has 0 saturated carbocycles. The van der Waals surface area contributed by atoms with Crippen LogP contribution in [0.5, 0.6) is 0 Å². The van der Waals surface area contributed by atoms with Crippen LogP contribution in [0.2, 0.25) is 5.28 Å². The smallest absolute Gasteiger partial charge is 0.241 e. The Morgan fingerprint density at radius 2 is 2.24 bits per heavy atom. The zero-order valence-corrected chi connectivity index (χ0v) is 9.67. The molecular weight excluding hydrogens is 244 g/mol. The van der Waals surface area contributed by atoms with Crippen LogP contribution in [0.1, 0.15) is 6.42 Å². The highest BCUT2D eigenvalue weighted by Gasteiger charge is 2.05. The van der Waals surface area contributed by atoms with Crippen LogP contribution in [-0.2, 0) is 0 Å². The van der Waals surface area contributed by atoms with E-state index >= 15 is 0 Å². The lowest BCUT2D eigenvalue weighted by Gasteiger charge is -2.05. The van der Waals surface area contributed by atoms with Crippen molar-refractivity contribution in [2.75, 3.05) is 18.5 Å². The summed E-state index contributed by atoms with van der Waals surface area (Å²) >= 11 is 5.79. The van der Waals surface area contributed by atoms with Crippen LogP contribution in [-0.4, -0.2) is 42.8 Å². The van der Waals surface area contributed by atoms with Crippen LogP contribution in [0.4, 0.5) is 5.95 Å². The Balaban J connectivity index is 2.18. The first kappa shape index (κ1) is 11.7. The largest absolute Gasteiger partial charge is 0.396 e. The standard InChI is InChI=1S/C9H11ClN6O/c10-7-13-8(12-2-1-5-17)15-9(14-7)16-4-3-11-6-16/h3-4,6,17H,1-2,5H2,(H,12,13,14,15). The van der Waals surface area contributed by atoms with E-state index in [1.165, 1.54) is 0 Å². The summed E-state index contributed by atoms with van der Waals surface area (Å²) in [6.45, 7) is 0.681. The number of aliphatic hydroxyl groups is 1. The predicted octanol–water partition coefficient (Wildman–Crippen LogP) is 0.505. The number of hydrogen-bond acceptors (Lipinski definition) is 6. The van der Waals surface area contributed by atoms with Gasteiger partial charge in [-0.2, -0.15) is 15.0 Å². The van der Waals surface area contributed by atoms with E-state index in [0.717, 1.165) is 0 Å². The molecule has 0 amide bonds. The molecule has 2 N–H and O–H groups in total. The molecule has 2 aromatic rings. The zero-order valence-electron chi connectivity index (χ0n) is 8.91. The van der Waals surface area contributed by atoms with Crippen LogP contribution in [0, 0.1) is 0 Å². The minimum Gasteiger partial charge on any atom is -0.396 e. The summed E-state index contributed by atoms with van der Waals surface area (Å²) in [5.74, 6) is 0.774. The molecule has 2 heterocycles. The second-order valence-corrected chi connectivity index (χ2v) is 3.54. The SMILES string of the molecule is OCCCNc1nc(Cl)nc(-n2ccnc2)n1. The van der Waals surface area contributed by atoms with Gasteiger partial charge < -0.3 is 10.4 Å². The first-order valence-corrected chi connectivity index (χ1v) is 5.42. The van der Waals surface area contributed by atoms with E-state index in [-0.39, 0.29) is 11.9 Å². The number of anilines is 1. The van der Waals surface area contributed by atoms with Crippen molar-refractivity contribution in [1.82, 2.24) is 24.5 Å². The van der Waals surface area contributed by atoms with Gasteiger partial charge in [0.2, 0.25) is 17.2 Å². The molecule has 0 radical (unpaired) electrons. The van der Waals surface area contributed by atoms with Crippen molar-refractivity contribution in [3.8, 4) is 5.95 Å². The van der Waals surface area contributed by atoms with E-state index in [1.807, 2.05) is 0 Å². The third kappa shape index (κ3) is 3.11. The van der Waals surface area contributed by atoms with Crippen LogP contribution in [0.25, 0.3) is 5.95 Å². The average Bonchev–Trinajstić information content (AvgIpc) is 2.82. The number of imidazole rings is 1. The highest BCUT2D eigenvalue weighted by molar-refractivity contribution is 6.28. The van der Waals surface area contributed by atoms with Crippen LogP contribution in [0.15, 0.2) is 18.7 Å². The van der Waals surface area contributed by atoms with E-state index in [2.05, 4.69) is 25.3 Å². The molecule has 0 spiro atoms. The van der Waals surface area contributed by atoms with Crippen molar-refractivity contribution in [2.45, 2.75) is 6.42 Å². The van der Waals surface area contributed by atoms with Crippen LogP contribution >= 0.6 is 11.6 Å².